The van der Waals surface area contributed by atoms with Gasteiger partial charge in [0.25, 0.3) is 0 Å². The van der Waals surface area contributed by atoms with Gasteiger partial charge < -0.3 is 64.4 Å². The summed E-state index contributed by atoms with van der Waals surface area (Å²) >= 11 is 17.2. The lowest BCUT2D eigenvalue weighted by Gasteiger charge is -2.32. The molecular formula is C70H97BCl4F3N13O13S3. The van der Waals surface area contributed by atoms with E-state index in [2.05, 4.69) is 42.2 Å². The van der Waals surface area contributed by atoms with E-state index in [0.29, 0.717) is 136 Å². The highest BCUT2D eigenvalue weighted by atomic mass is 35.7. The minimum absolute atomic E-state index is 0.0297. The Bertz CT molecular complexity index is 4190. The summed E-state index contributed by atoms with van der Waals surface area (Å²) in [4.78, 5) is 48.5. The number of morpholine rings is 3. The zero-order chi connectivity index (χ0) is 77.7. The van der Waals surface area contributed by atoms with Gasteiger partial charge in [0, 0.05) is 129 Å². The van der Waals surface area contributed by atoms with E-state index >= 15 is 0 Å². The highest BCUT2D eigenvalue weighted by molar-refractivity contribution is 8.13. The smallest absolute Gasteiger partial charge is 0.399 e. The maximum Gasteiger partial charge on any atom is 0.495 e. The van der Waals surface area contributed by atoms with Crippen molar-refractivity contribution < 1.29 is 71.5 Å². The first-order valence-corrected chi connectivity index (χ1v) is 42.8. The summed E-state index contributed by atoms with van der Waals surface area (Å²) < 4.78 is 138. The number of nitrogens with zero attached hydrogens (tertiary/aromatic N) is 10. The Balaban J connectivity index is 0.000000166. The van der Waals surface area contributed by atoms with Gasteiger partial charge in [0.2, 0.25) is 29.1 Å². The van der Waals surface area contributed by atoms with Crippen LogP contribution < -0.4 is 45.1 Å². The molecule has 2 aromatic carbocycles. The summed E-state index contributed by atoms with van der Waals surface area (Å²) in [6.45, 7) is 25.4. The molecule has 8 saturated heterocycles. The molecule has 0 bridgehead atoms. The molecule has 590 valence electrons. The number of carbonyl (C=O) groups is 2. The second-order valence-electron chi connectivity index (χ2n) is 28.2. The molecule has 0 unspecified atom stereocenters. The third-order valence-corrected chi connectivity index (χ3v) is 25.3. The zero-order valence-corrected chi connectivity index (χ0v) is 66.9. The van der Waals surface area contributed by atoms with Crippen LogP contribution in [0.5, 0.6) is 0 Å². The Morgan fingerprint density at radius 1 is 0.617 bits per heavy atom. The van der Waals surface area contributed by atoms with Crippen LogP contribution in [0.1, 0.15) is 90.7 Å². The summed E-state index contributed by atoms with van der Waals surface area (Å²) in [7, 11) is -5.64. The molecule has 11 heterocycles. The van der Waals surface area contributed by atoms with Gasteiger partial charge in [0.1, 0.15) is 34.9 Å². The molecule has 8 fully saturated rings. The number of hydrogen-bond donors (Lipinski definition) is 3. The Labute approximate surface area is 646 Å². The van der Waals surface area contributed by atoms with Crippen LogP contribution in [0.4, 0.5) is 69.0 Å². The quantitative estimate of drug-likeness (QED) is 0.0529. The van der Waals surface area contributed by atoms with Crippen molar-refractivity contribution >= 4 is 146 Å². The van der Waals surface area contributed by atoms with Gasteiger partial charge in [-0.1, -0.05) is 54.2 Å². The summed E-state index contributed by atoms with van der Waals surface area (Å²) in [5.74, 6) is 4.25. The van der Waals surface area contributed by atoms with Crippen molar-refractivity contribution in [2.75, 3.05) is 181 Å². The van der Waals surface area contributed by atoms with Gasteiger partial charge in [-0.05, 0) is 162 Å². The maximum absolute atomic E-state index is 12.9. The molecule has 26 nitrogen and oxygen atoms in total. The third-order valence-electron chi connectivity index (χ3n) is 19.7. The number of amides is 4. The Morgan fingerprint density at radius 3 is 1.49 bits per heavy atom. The molecule has 0 aliphatic carbocycles. The van der Waals surface area contributed by atoms with E-state index in [1.54, 1.807) is 30.3 Å². The van der Waals surface area contributed by atoms with Crippen LogP contribution in [0.2, 0.25) is 10.0 Å². The van der Waals surface area contributed by atoms with Crippen LogP contribution in [0.25, 0.3) is 11.1 Å². The minimum Gasteiger partial charge on any atom is -0.399 e. The number of urea groups is 2. The fourth-order valence-corrected chi connectivity index (χ4v) is 17.5. The number of halogens is 7. The number of alkyl halides is 4. The van der Waals surface area contributed by atoms with Gasteiger partial charge in [0.15, 0.2) is 0 Å². The molecule has 2 atom stereocenters. The Hall–Kier alpha value is -6.11. The first-order valence-electron chi connectivity index (χ1n) is 35.8. The number of aryl methyl sites for hydroxylation is 2. The summed E-state index contributed by atoms with van der Waals surface area (Å²) in [5.41, 5.74) is 10.6. The number of likely N-dealkylation sites (tertiary alicyclic amines) is 2. The first kappa shape index (κ1) is 84.9. The summed E-state index contributed by atoms with van der Waals surface area (Å²) in [6.07, 6.45) is -0.916. The lowest BCUT2D eigenvalue weighted by molar-refractivity contribution is -0.143. The largest absolute Gasteiger partial charge is 0.495 e. The zero-order valence-electron chi connectivity index (χ0n) is 61.4. The number of nitrogens with one attached hydrogen (secondary N) is 2. The molecule has 0 saturated carbocycles. The number of nitrogen functional groups attached to an aromatic ring is 1. The van der Waals surface area contributed by atoms with Crippen LogP contribution in [0.3, 0.4) is 0 Å². The average molecular weight is 1630 g/mol. The average Bonchev–Trinajstić information content (AvgIpc) is 1.67. The fraction of sp³-hybridized carbons (Fsp3) is 0.586. The molecule has 4 amide bonds. The van der Waals surface area contributed by atoms with Crippen molar-refractivity contribution in [1.82, 2.24) is 24.8 Å². The lowest BCUT2D eigenvalue weighted by Crippen LogP contribution is -2.41. The van der Waals surface area contributed by atoms with Crippen LogP contribution in [0.15, 0.2) is 72.8 Å². The molecule has 3 aromatic heterocycles. The highest BCUT2D eigenvalue weighted by Crippen LogP contribution is 2.39. The molecule has 0 spiro atoms. The number of benzene rings is 2. The predicted molar refractivity (Wildman–Crippen MR) is 418 cm³/mol. The fourth-order valence-electron chi connectivity index (χ4n) is 13.0. The van der Waals surface area contributed by atoms with Crippen LogP contribution in [-0.2, 0) is 52.6 Å². The van der Waals surface area contributed by atoms with E-state index < -0.39 is 72.0 Å². The van der Waals surface area contributed by atoms with Crippen molar-refractivity contribution in [3.63, 3.8) is 0 Å². The number of pyridine rings is 3. The van der Waals surface area contributed by atoms with E-state index in [9.17, 15) is 48.0 Å². The molecule has 0 radical (unpaired) electrons. The van der Waals surface area contributed by atoms with Gasteiger partial charge in [0.05, 0.1) is 68.1 Å². The predicted octanol–water partition coefficient (Wildman–Crippen LogP) is 11.2. The van der Waals surface area contributed by atoms with Crippen LogP contribution >= 0.6 is 45.5 Å². The molecular weight excluding hydrogens is 1540 g/mol. The van der Waals surface area contributed by atoms with E-state index in [-0.39, 0.29) is 29.8 Å². The Morgan fingerprint density at radius 2 is 1.05 bits per heavy atom. The Kier molecular flexibility index (Phi) is 29.6. The highest BCUT2D eigenvalue weighted by Gasteiger charge is 2.52. The molecule has 107 heavy (non-hydrogen) atoms. The number of rotatable bonds is 14. The van der Waals surface area contributed by atoms with Crippen molar-refractivity contribution in [1.29, 1.82) is 0 Å². The first-order chi connectivity index (χ1) is 50.5. The van der Waals surface area contributed by atoms with Crippen molar-refractivity contribution in [2.24, 2.45) is 11.8 Å². The van der Waals surface area contributed by atoms with E-state index in [1.165, 1.54) is 13.5 Å². The molecule has 13 rings (SSSR count). The summed E-state index contributed by atoms with van der Waals surface area (Å²) in [5, 5.41) is 6.98. The monoisotopic (exact) mass is 1630 g/mol. The number of aromatic nitrogens is 3. The van der Waals surface area contributed by atoms with Gasteiger partial charge in [-0.15, -0.1) is 11.6 Å². The number of sulfonamides is 2. The van der Waals surface area contributed by atoms with Crippen molar-refractivity contribution in [3.8, 4) is 11.1 Å². The SMILES string of the molecule is CC[C@@H]1CCN(C(=O)Nc2ccc(C)c(-c3cc(N4CCOCC4)nc(N4CCCS4(=O)=O)c3)c2)C1.Cc1ccc(NC(=O)N2CC[C@@H](CC(F)(F)F)C2)cc1B1OC(C)(C)C(C)(C)O1.Nc1cc(Cl)cc(N2CCOCC2)n1.O=S(=O)(Cl)CCCCl.O=S1(=O)CCCN1c1cc(Cl)cc(N2CCOCC2)n1. The maximum atomic E-state index is 12.9. The van der Waals surface area contributed by atoms with Crippen LogP contribution in [-0.4, -0.2) is 228 Å². The molecule has 8 aliphatic rings. The molecule has 4 N–H and O–H groups in total. The van der Waals surface area contributed by atoms with Gasteiger partial charge in [-0.25, -0.2) is 49.8 Å². The minimum atomic E-state index is -4.20. The number of carbonyl (C=O) groups excluding carboxylic acids is 2. The van der Waals surface area contributed by atoms with Gasteiger partial charge in [-0.3, -0.25) is 8.61 Å². The van der Waals surface area contributed by atoms with Crippen molar-refractivity contribution in [2.45, 2.75) is 111 Å². The number of hydrogen-bond acceptors (Lipinski definition) is 20. The second kappa shape index (κ2) is 37.3. The molecule has 8 aliphatic heterocycles. The van der Waals surface area contributed by atoms with Crippen molar-refractivity contribution in [3.05, 3.63) is 94.0 Å². The standard InChI is InChI=1S/C26H35N5O4S.C20H28BF3N2O3.C12H16ClN3O3S.C9H12ClN3O.C3H6Cl2O2S/c1-3-20-7-9-30(18-20)26(32)27-22-6-5-19(2)23(17-22)21-15-24(29-10-12-35-13-11-29)28-25(16-21)31-8-4-14-36(31,33)34;1-13-6-7-15(10-16(13)21-28-18(2,3)19(4,5)29-21)25-17(27)26-9-8-14(12-26)11-20(22,23)24;13-10-8-11(15-3-5-19-6-4-15)14-12(9-10)16-2-1-7-20(16,17)18;10-7-5-8(11)12-9(6-7)13-1-3-14-4-2-13;4-2-1-3-8(5,6)7/h5-6,15-17,20H,3-4,7-14,18H2,1-2H3,(H,27,32);6-7,10,14H,8-9,11-12H2,1-5H3,(H,25,27);8-9H,1-7H2;5-6H,1-4H2,(H2,11,12);1-3H2/t20-;14-;;;/m10.../s1. The number of ether oxygens (including phenoxy) is 3. The third kappa shape index (κ3) is 24.2. The molecule has 5 aromatic rings. The topological polar surface area (TPSA) is 294 Å². The van der Waals surface area contributed by atoms with Crippen LogP contribution in [0, 0.1) is 25.7 Å². The normalized spacial score (nSPS) is 21.0. The number of anilines is 8. The van der Waals surface area contributed by atoms with Gasteiger partial charge >= 0.3 is 25.4 Å². The van der Waals surface area contributed by atoms with Gasteiger partial charge in [-0.2, -0.15) is 13.2 Å². The van der Waals surface area contributed by atoms with E-state index in [1.807, 2.05) is 88.9 Å². The second-order valence-corrected chi connectivity index (χ2v) is 36.4. The molecule has 37 heteroatoms. The summed E-state index contributed by atoms with van der Waals surface area (Å²) in [6, 6.07) is 21.6. The number of nitrogens with two attached hydrogens (primary N) is 1. The van der Waals surface area contributed by atoms with E-state index in [0.717, 1.165) is 110 Å². The van der Waals surface area contributed by atoms with E-state index in [4.69, 9.17) is 79.7 Å². The lowest BCUT2D eigenvalue weighted by atomic mass is 9.76.